The predicted octanol–water partition coefficient (Wildman–Crippen LogP) is 5.88. The molecule has 3 atom stereocenters. The van der Waals surface area contributed by atoms with Crippen LogP contribution >= 0.6 is 11.6 Å². The number of anilines is 3. The Morgan fingerprint density at radius 2 is 1.92 bits per heavy atom. The second-order valence-corrected chi connectivity index (χ2v) is 13.9. The Labute approximate surface area is 299 Å². The molecular weight excluding hydrogens is 683 g/mol. The number of benzene rings is 2. The van der Waals surface area contributed by atoms with Gasteiger partial charge in [-0.15, -0.1) is 0 Å². The van der Waals surface area contributed by atoms with Crippen LogP contribution in [-0.4, -0.2) is 72.8 Å². The predicted molar refractivity (Wildman–Crippen MR) is 187 cm³/mol. The van der Waals surface area contributed by atoms with Crippen LogP contribution in [0.2, 0.25) is 5.02 Å². The van der Waals surface area contributed by atoms with E-state index in [2.05, 4.69) is 11.1 Å². The second kappa shape index (κ2) is 14.0. The van der Waals surface area contributed by atoms with Crippen molar-refractivity contribution in [3.05, 3.63) is 93.7 Å². The number of aryl methyl sites for hydroxylation is 1. The lowest BCUT2D eigenvalue weighted by Gasteiger charge is -2.39. The van der Waals surface area contributed by atoms with Crippen molar-refractivity contribution < 1.29 is 27.6 Å². The van der Waals surface area contributed by atoms with Crippen molar-refractivity contribution in [1.29, 1.82) is 5.26 Å². The van der Waals surface area contributed by atoms with Crippen molar-refractivity contribution in [2.45, 2.75) is 51.1 Å². The van der Waals surface area contributed by atoms with Crippen molar-refractivity contribution in [3.63, 3.8) is 0 Å². The Kier molecular flexibility index (Phi) is 9.85. The van der Waals surface area contributed by atoms with Gasteiger partial charge in [0.05, 0.1) is 40.5 Å². The van der Waals surface area contributed by atoms with Gasteiger partial charge in [0.15, 0.2) is 0 Å². The maximum Gasteiger partial charge on any atom is 0.416 e. The number of halogens is 4. The smallest absolute Gasteiger partial charge is 0.364 e. The maximum absolute atomic E-state index is 14.2. The van der Waals surface area contributed by atoms with Gasteiger partial charge in [-0.2, -0.15) is 18.4 Å². The highest BCUT2D eigenvalue weighted by Gasteiger charge is 2.49. The average Bonchev–Trinajstić information content (AvgIpc) is 3.58. The first kappa shape index (κ1) is 35.9. The summed E-state index contributed by atoms with van der Waals surface area (Å²) in [5.74, 6) is -1.97. The Morgan fingerprint density at radius 1 is 1.16 bits per heavy atom. The fourth-order valence-electron chi connectivity index (χ4n) is 7.31. The van der Waals surface area contributed by atoms with Crippen molar-refractivity contribution in [3.8, 4) is 6.07 Å². The van der Waals surface area contributed by atoms with Crippen LogP contribution in [0, 0.1) is 24.2 Å². The van der Waals surface area contributed by atoms with E-state index in [9.17, 15) is 32.8 Å². The van der Waals surface area contributed by atoms with Gasteiger partial charge in [-0.3, -0.25) is 19.3 Å². The van der Waals surface area contributed by atoms with Crippen molar-refractivity contribution in [2.75, 3.05) is 48.9 Å². The van der Waals surface area contributed by atoms with Gasteiger partial charge >= 0.3 is 6.18 Å². The first-order valence-corrected chi connectivity index (χ1v) is 16.8. The van der Waals surface area contributed by atoms with Crippen LogP contribution < -0.4 is 14.7 Å². The maximum atomic E-state index is 14.2. The van der Waals surface area contributed by atoms with Crippen LogP contribution in [0.3, 0.4) is 0 Å². The van der Waals surface area contributed by atoms with Crippen LogP contribution in [0.25, 0.3) is 0 Å². The number of carbonyl (C=O) groups is 3. The topological polar surface area (TPSA) is 104 Å². The molecule has 10 nitrogen and oxygen atoms in total. The molecule has 0 bridgehead atoms. The molecule has 3 aliphatic rings. The molecule has 0 N–H and O–H groups in total. The summed E-state index contributed by atoms with van der Waals surface area (Å²) in [4.78, 5) is 53.4. The fraction of sp³-hybridized carbons (Fsp3) is 0.378. The highest BCUT2D eigenvalue weighted by atomic mass is 35.5. The lowest BCUT2D eigenvalue weighted by molar-refractivity contribution is -0.137. The molecule has 3 aliphatic heterocycles. The zero-order valence-electron chi connectivity index (χ0n) is 28.6. The number of para-hydroxylation sites is 1. The molecule has 0 saturated carbocycles. The van der Waals surface area contributed by atoms with Crippen LogP contribution in [-0.2, 0) is 33.6 Å². The number of hydrogen-bond acceptors (Lipinski definition) is 7. The normalized spacial score (nSPS) is 20.4. The molecule has 1 aromatic heterocycles. The largest absolute Gasteiger partial charge is 0.416 e. The highest BCUT2D eigenvalue weighted by molar-refractivity contribution is 6.34. The van der Waals surface area contributed by atoms with Gasteiger partial charge in [-0.05, 0) is 62.0 Å². The number of aromatic nitrogens is 1. The molecule has 2 aromatic carbocycles. The first-order valence-electron chi connectivity index (χ1n) is 16.5. The number of carbonyl (C=O) groups excluding carboxylic acids is 3. The van der Waals surface area contributed by atoms with Gasteiger partial charge in [0, 0.05) is 57.3 Å². The van der Waals surface area contributed by atoms with Crippen molar-refractivity contribution in [1.82, 2.24) is 14.8 Å². The Morgan fingerprint density at radius 3 is 2.63 bits per heavy atom. The quantitative estimate of drug-likeness (QED) is 0.281. The Balaban J connectivity index is 1.35. The molecule has 1 saturated heterocycles. The lowest BCUT2D eigenvalue weighted by atomic mass is 9.95. The van der Waals surface area contributed by atoms with Gasteiger partial charge in [-0.1, -0.05) is 41.9 Å². The van der Waals surface area contributed by atoms with Gasteiger partial charge in [-0.25, -0.2) is 4.98 Å². The van der Waals surface area contributed by atoms with E-state index in [0.717, 1.165) is 33.7 Å². The summed E-state index contributed by atoms with van der Waals surface area (Å²) < 4.78 is 41.4. The van der Waals surface area contributed by atoms with Gasteiger partial charge < -0.3 is 19.6 Å². The number of pyridine rings is 1. The minimum atomic E-state index is -4.67. The van der Waals surface area contributed by atoms with E-state index < -0.39 is 41.6 Å². The number of hydrogen-bond donors (Lipinski definition) is 0. The summed E-state index contributed by atoms with van der Waals surface area (Å²) >= 11 is 6.82. The van der Waals surface area contributed by atoms with Crippen LogP contribution in [0.4, 0.5) is 30.4 Å². The third-order valence-electron chi connectivity index (χ3n) is 9.58. The van der Waals surface area contributed by atoms with E-state index >= 15 is 0 Å². The Bertz CT molecular complexity index is 1960. The second-order valence-electron chi connectivity index (χ2n) is 13.5. The van der Waals surface area contributed by atoms with Crippen LogP contribution in [0.5, 0.6) is 0 Å². The number of nitrogens with zero attached hydrogens (tertiary/aromatic N) is 7. The van der Waals surface area contributed by atoms with Crippen LogP contribution in [0.1, 0.15) is 46.8 Å². The zero-order chi connectivity index (χ0) is 36.8. The molecule has 0 unspecified atom stereocenters. The minimum Gasteiger partial charge on any atom is -0.364 e. The molecule has 6 rings (SSSR count). The van der Waals surface area contributed by atoms with E-state index in [1.165, 1.54) is 17.9 Å². The van der Waals surface area contributed by atoms with E-state index in [4.69, 9.17) is 11.6 Å². The summed E-state index contributed by atoms with van der Waals surface area (Å²) in [6, 6.07) is 13.5. The number of amides is 3. The molecule has 4 heterocycles. The van der Waals surface area contributed by atoms with Gasteiger partial charge in [0.2, 0.25) is 17.7 Å². The monoisotopic (exact) mass is 719 g/mol. The molecular formula is C37H37ClF3N7O3. The fourth-order valence-corrected chi connectivity index (χ4v) is 7.60. The number of alkyl halides is 3. The third kappa shape index (κ3) is 7.03. The lowest BCUT2D eigenvalue weighted by Crippen LogP contribution is -2.52. The summed E-state index contributed by atoms with van der Waals surface area (Å²) in [5, 5.41) is 9.97. The van der Waals surface area contributed by atoms with Crippen molar-refractivity contribution >= 4 is 46.5 Å². The average molecular weight is 720 g/mol. The number of rotatable bonds is 7. The number of likely N-dealkylation sites (N-methyl/N-ethyl adjacent to an activating group) is 2. The SMILES string of the molecule is Cc1cc(C(F)(F)F)cc(N2C(=O)C[C@@H]3CN(Cc4ccc5c(c4)CN(C(=O)/C=C/CN(C)C)[C@@H]5CC#N)c4c(Cl)cccc4N(C)C(=O)[C@H]32)n1. The number of fused-ring (bicyclic) bond motifs is 3. The third-order valence-corrected chi connectivity index (χ3v) is 9.89. The van der Waals surface area contributed by atoms with E-state index in [1.807, 2.05) is 42.1 Å². The van der Waals surface area contributed by atoms with Gasteiger partial charge in [0.25, 0.3) is 0 Å². The zero-order valence-corrected chi connectivity index (χ0v) is 29.4. The molecule has 3 aromatic rings. The Hall–Kier alpha value is -4.93. The van der Waals surface area contributed by atoms with Gasteiger partial charge in [0.1, 0.15) is 11.9 Å². The molecule has 3 amide bonds. The van der Waals surface area contributed by atoms with E-state index in [0.29, 0.717) is 36.0 Å². The standard InChI is InChI=1S/C37H37ClF3N7O3/c1-22-15-26(37(39,40)41)18-31(43-22)48-33(50)17-25-20-46(35-28(38)7-5-8-30(35)45(4)36(51)34(25)48)19-23-10-11-27-24(16-23)21-47(29(27)12-13-42)32(49)9-6-14-44(2)3/h5-11,15-16,18,25,29,34H,12,14,17,19-21H2,1-4H3/b9-6+/t25-,29-,34+/m1/s1. The van der Waals surface area contributed by atoms with E-state index in [1.54, 1.807) is 36.2 Å². The summed E-state index contributed by atoms with van der Waals surface area (Å²) in [6.07, 6.45) is -1.29. The number of nitriles is 1. The van der Waals surface area contributed by atoms with Crippen LogP contribution in [0.15, 0.2) is 60.7 Å². The summed E-state index contributed by atoms with van der Waals surface area (Å²) in [6.45, 7) is 2.84. The molecule has 0 spiro atoms. The van der Waals surface area contributed by atoms with E-state index in [-0.39, 0.29) is 36.8 Å². The molecule has 0 radical (unpaired) electrons. The molecule has 1 fully saturated rings. The van der Waals surface area contributed by atoms with Crippen molar-refractivity contribution in [2.24, 2.45) is 5.92 Å². The molecule has 0 aliphatic carbocycles. The first-order chi connectivity index (χ1) is 24.2. The minimum absolute atomic E-state index is 0.0694. The molecule has 14 heteroatoms. The summed E-state index contributed by atoms with van der Waals surface area (Å²) in [5.41, 5.74) is 2.85. The molecule has 51 heavy (non-hydrogen) atoms. The molecule has 266 valence electrons. The highest BCUT2D eigenvalue weighted by Crippen LogP contribution is 2.44. The summed E-state index contributed by atoms with van der Waals surface area (Å²) in [7, 11) is 5.37.